The Morgan fingerprint density at radius 1 is 1.45 bits per heavy atom. The molecule has 0 bridgehead atoms. The van der Waals surface area contributed by atoms with Gasteiger partial charge in [-0.3, -0.25) is 0 Å². The van der Waals surface area contributed by atoms with E-state index in [1.54, 1.807) is 20.8 Å². The van der Waals surface area contributed by atoms with E-state index in [2.05, 4.69) is 5.32 Å². The lowest BCUT2D eigenvalue weighted by atomic mass is 10.1. The van der Waals surface area contributed by atoms with Crippen LogP contribution < -0.4 is 5.32 Å². The van der Waals surface area contributed by atoms with Crippen LogP contribution in [0.3, 0.4) is 0 Å². The molecule has 0 fully saturated rings. The molecule has 112 valence electrons. The number of alkyl carbamates (subject to hydrolysis) is 1. The fourth-order valence-corrected chi connectivity index (χ4v) is 2.20. The molecule has 0 saturated carbocycles. The molecule has 0 aromatic heterocycles. The highest BCUT2D eigenvalue weighted by molar-refractivity contribution is 14.1. The van der Waals surface area contributed by atoms with Crippen molar-refractivity contribution in [3.05, 3.63) is 34.6 Å². The third kappa shape index (κ3) is 5.06. The normalized spacial score (nSPS) is 14.6. The van der Waals surface area contributed by atoms with Gasteiger partial charge >= 0.3 is 6.09 Å². The Morgan fingerprint density at radius 2 is 2.05 bits per heavy atom. The largest absolute Gasteiger partial charge is 0.444 e. The van der Waals surface area contributed by atoms with Gasteiger partial charge in [0.05, 0.1) is 6.61 Å². The number of aliphatic hydroxyl groups is 1. The maximum absolute atomic E-state index is 13.4. The number of rotatable bonds is 3. The smallest absolute Gasteiger partial charge is 0.409 e. The molecule has 1 aromatic carbocycles. The number of amides is 1. The zero-order valence-corrected chi connectivity index (χ0v) is 14.3. The summed E-state index contributed by atoms with van der Waals surface area (Å²) in [6.07, 6.45) is -0.707. The standard InChI is InChI=1S/C13H16ClFINO3/c1-12(2,3)20-11(19)17-13(16,7-18)8-4-9(14)6-10(15)5-8/h4-6,18H,7H2,1-3H3,(H,17,19)/t13-/m0/s1. The minimum absolute atomic E-state index is 0.181. The summed E-state index contributed by atoms with van der Waals surface area (Å²) in [7, 11) is 0. The predicted molar refractivity (Wildman–Crippen MR) is 83.6 cm³/mol. The van der Waals surface area contributed by atoms with Crippen LogP contribution in [0.2, 0.25) is 5.02 Å². The average molecular weight is 416 g/mol. The second-order valence-electron chi connectivity index (χ2n) is 5.24. The molecule has 0 aliphatic rings. The third-order valence-electron chi connectivity index (χ3n) is 2.24. The Hall–Kier alpha value is -0.600. The van der Waals surface area contributed by atoms with Gasteiger partial charge in [-0.2, -0.15) is 0 Å². The zero-order chi connectivity index (χ0) is 15.6. The molecule has 7 heteroatoms. The Morgan fingerprint density at radius 3 is 2.50 bits per heavy atom. The number of carbonyl (C=O) groups excluding carboxylic acids is 1. The van der Waals surface area contributed by atoms with Gasteiger partial charge in [-0.25, -0.2) is 9.18 Å². The molecular weight excluding hydrogens is 400 g/mol. The molecule has 0 spiro atoms. The summed E-state index contributed by atoms with van der Waals surface area (Å²) in [6, 6.07) is 3.82. The fraction of sp³-hybridized carbons (Fsp3) is 0.462. The van der Waals surface area contributed by atoms with Crippen molar-refractivity contribution in [3.63, 3.8) is 0 Å². The van der Waals surface area contributed by atoms with Crippen LogP contribution in [-0.4, -0.2) is 23.4 Å². The maximum atomic E-state index is 13.4. The van der Waals surface area contributed by atoms with E-state index in [1.807, 2.05) is 22.6 Å². The highest BCUT2D eigenvalue weighted by Gasteiger charge is 2.33. The quantitative estimate of drug-likeness (QED) is 0.451. The number of hydrogen-bond acceptors (Lipinski definition) is 3. The molecule has 1 atom stereocenters. The predicted octanol–water partition coefficient (Wildman–Crippen LogP) is 3.58. The number of aliphatic hydroxyl groups excluding tert-OH is 1. The molecule has 0 unspecified atom stereocenters. The number of nitrogens with one attached hydrogen (secondary N) is 1. The summed E-state index contributed by atoms with van der Waals surface area (Å²) >= 11 is 7.60. The molecule has 0 radical (unpaired) electrons. The fourth-order valence-electron chi connectivity index (χ4n) is 1.45. The van der Waals surface area contributed by atoms with Gasteiger partial charge in [-0.15, -0.1) is 0 Å². The van der Waals surface area contributed by atoms with Crippen LogP contribution in [0.1, 0.15) is 26.3 Å². The van der Waals surface area contributed by atoms with E-state index < -0.39 is 27.7 Å². The summed E-state index contributed by atoms with van der Waals surface area (Å²) in [4.78, 5) is 11.8. The molecule has 1 aromatic rings. The Balaban J connectivity index is 2.99. The van der Waals surface area contributed by atoms with Crippen molar-refractivity contribution in [2.75, 3.05) is 6.61 Å². The van der Waals surface area contributed by atoms with Crippen molar-refractivity contribution >= 4 is 40.3 Å². The van der Waals surface area contributed by atoms with E-state index in [1.165, 1.54) is 12.1 Å². The van der Waals surface area contributed by atoms with Crippen molar-refractivity contribution in [1.82, 2.24) is 5.32 Å². The summed E-state index contributed by atoms with van der Waals surface area (Å²) in [5.74, 6) is -0.548. The van der Waals surface area contributed by atoms with E-state index in [0.717, 1.165) is 6.07 Å². The average Bonchev–Trinajstić information content (AvgIpc) is 2.24. The summed E-state index contributed by atoms with van der Waals surface area (Å²) in [5, 5.41) is 12.2. The Kier molecular flexibility index (Phi) is 5.62. The van der Waals surface area contributed by atoms with E-state index in [4.69, 9.17) is 16.3 Å². The van der Waals surface area contributed by atoms with Gasteiger partial charge in [0.15, 0.2) is 0 Å². The summed E-state index contributed by atoms with van der Waals surface area (Å²) in [6.45, 7) is 4.73. The number of ether oxygens (including phenoxy) is 1. The second kappa shape index (κ2) is 6.44. The van der Waals surface area contributed by atoms with Gasteiger partial charge in [0.1, 0.15) is 15.0 Å². The van der Waals surface area contributed by atoms with Crippen LogP contribution in [0.5, 0.6) is 0 Å². The lowest BCUT2D eigenvalue weighted by Crippen LogP contribution is -2.46. The molecule has 20 heavy (non-hydrogen) atoms. The molecule has 0 aliphatic heterocycles. The SMILES string of the molecule is CC(C)(C)OC(=O)N[C@@](I)(CO)c1cc(F)cc(Cl)c1. The number of alkyl halides is 1. The van der Waals surface area contributed by atoms with E-state index in [9.17, 15) is 14.3 Å². The van der Waals surface area contributed by atoms with Gasteiger partial charge < -0.3 is 15.2 Å². The number of carbonyl (C=O) groups is 1. The van der Waals surface area contributed by atoms with Crippen LogP contribution in [0.25, 0.3) is 0 Å². The van der Waals surface area contributed by atoms with Gasteiger partial charge in [0.25, 0.3) is 0 Å². The zero-order valence-electron chi connectivity index (χ0n) is 11.3. The Labute approximate surface area is 135 Å². The van der Waals surface area contributed by atoms with Crippen LogP contribution in [0.4, 0.5) is 9.18 Å². The van der Waals surface area contributed by atoms with Crippen LogP contribution in [0, 0.1) is 5.82 Å². The molecular formula is C13H16ClFINO3. The highest BCUT2D eigenvalue weighted by atomic mass is 127. The summed E-state index contributed by atoms with van der Waals surface area (Å²) in [5.41, 5.74) is -0.326. The first-order valence-corrected chi connectivity index (χ1v) is 7.29. The van der Waals surface area contributed by atoms with E-state index in [-0.39, 0.29) is 5.02 Å². The molecule has 1 amide bonds. The van der Waals surface area contributed by atoms with Crippen LogP contribution >= 0.6 is 34.2 Å². The topological polar surface area (TPSA) is 58.6 Å². The lowest BCUT2D eigenvalue weighted by molar-refractivity contribution is 0.0473. The van der Waals surface area contributed by atoms with Gasteiger partial charge in [-0.1, -0.05) is 11.6 Å². The molecule has 0 saturated heterocycles. The van der Waals surface area contributed by atoms with Gasteiger partial charge in [0.2, 0.25) is 0 Å². The lowest BCUT2D eigenvalue weighted by Gasteiger charge is -2.29. The minimum atomic E-state index is -1.22. The monoisotopic (exact) mass is 415 g/mol. The molecule has 0 aliphatic carbocycles. The van der Waals surface area contributed by atoms with Crippen molar-refractivity contribution in [3.8, 4) is 0 Å². The van der Waals surface area contributed by atoms with Crippen molar-refractivity contribution in [2.45, 2.75) is 29.9 Å². The maximum Gasteiger partial charge on any atom is 0.409 e. The van der Waals surface area contributed by atoms with E-state index >= 15 is 0 Å². The van der Waals surface area contributed by atoms with Gasteiger partial charge in [0, 0.05) is 5.02 Å². The van der Waals surface area contributed by atoms with Crippen molar-refractivity contribution < 1.29 is 19.0 Å². The molecule has 1 rings (SSSR count). The third-order valence-corrected chi connectivity index (χ3v) is 3.69. The van der Waals surface area contributed by atoms with Crippen LogP contribution in [-0.2, 0) is 8.28 Å². The van der Waals surface area contributed by atoms with Crippen LogP contribution in [0.15, 0.2) is 18.2 Å². The molecule has 4 nitrogen and oxygen atoms in total. The molecule has 2 N–H and O–H groups in total. The van der Waals surface area contributed by atoms with E-state index in [0.29, 0.717) is 5.56 Å². The minimum Gasteiger partial charge on any atom is -0.444 e. The number of hydrogen-bond donors (Lipinski definition) is 2. The van der Waals surface area contributed by atoms with Crippen molar-refractivity contribution in [1.29, 1.82) is 0 Å². The first kappa shape index (κ1) is 17.5. The first-order chi connectivity index (χ1) is 9.05. The number of halogens is 3. The molecule has 0 heterocycles. The number of benzene rings is 1. The van der Waals surface area contributed by atoms with Gasteiger partial charge in [-0.05, 0) is 67.1 Å². The Bertz CT molecular complexity index is 487. The first-order valence-electron chi connectivity index (χ1n) is 5.83. The highest BCUT2D eigenvalue weighted by Crippen LogP contribution is 2.31. The van der Waals surface area contributed by atoms with Crippen molar-refractivity contribution in [2.24, 2.45) is 0 Å². The summed E-state index contributed by atoms with van der Waals surface area (Å²) < 4.78 is 17.3. The second-order valence-corrected chi connectivity index (χ2v) is 7.52.